The summed E-state index contributed by atoms with van der Waals surface area (Å²) >= 11 is 0. The molecule has 2 aliphatic heterocycles. The van der Waals surface area contributed by atoms with Crippen molar-refractivity contribution in [3.8, 4) is 0 Å². The van der Waals surface area contributed by atoms with Gasteiger partial charge >= 0.3 is 0 Å². The second kappa shape index (κ2) is 7.86. The van der Waals surface area contributed by atoms with Gasteiger partial charge in [-0.2, -0.15) is 0 Å². The summed E-state index contributed by atoms with van der Waals surface area (Å²) in [5.41, 5.74) is 0.687. The van der Waals surface area contributed by atoms with E-state index in [0.29, 0.717) is 37.3 Å². The highest BCUT2D eigenvalue weighted by atomic mass is 16.2. The Kier molecular flexibility index (Phi) is 5.11. The van der Waals surface area contributed by atoms with Crippen LogP contribution in [0.5, 0.6) is 0 Å². The third-order valence-corrected chi connectivity index (χ3v) is 5.26. The average Bonchev–Trinajstić information content (AvgIpc) is 2.87. The third kappa shape index (κ3) is 4.18. The van der Waals surface area contributed by atoms with Gasteiger partial charge in [-0.1, -0.05) is 0 Å². The van der Waals surface area contributed by atoms with Gasteiger partial charge in [-0.05, 0) is 36.2 Å². The van der Waals surface area contributed by atoms with Gasteiger partial charge < -0.3 is 20.9 Å². The molecule has 4 rings (SSSR count). The Morgan fingerprint density at radius 2 is 1.97 bits per heavy atom. The molecule has 2 aromatic rings. The van der Waals surface area contributed by atoms with E-state index in [1.807, 2.05) is 12.1 Å². The lowest BCUT2D eigenvalue weighted by Gasteiger charge is -2.39. The number of nitrogens with zero attached hydrogens (tertiary/aromatic N) is 3. The van der Waals surface area contributed by atoms with Crippen molar-refractivity contribution in [2.75, 3.05) is 18.4 Å². The van der Waals surface area contributed by atoms with Gasteiger partial charge in [0.15, 0.2) is 0 Å². The largest absolute Gasteiger partial charge is 0.350 e. The predicted octanol–water partition coefficient (Wildman–Crippen LogP) is 0.657. The summed E-state index contributed by atoms with van der Waals surface area (Å²) in [6.07, 6.45) is 6.10. The number of amides is 3. The van der Waals surface area contributed by atoms with Crippen LogP contribution >= 0.6 is 0 Å². The van der Waals surface area contributed by atoms with Gasteiger partial charge in [0.25, 0.3) is 5.91 Å². The molecular formula is C20H22N6O3. The van der Waals surface area contributed by atoms with E-state index in [-0.39, 0.29) is 30.7 Å². The number of carbonyl (C=O) groups is 3. The molecule has 9 nitrogen and oxygen atoms in total. The van der Waals surface area contributed by atoms with Crippen molar-refractivity contribution >= 4 is 23.5 Å². The maximum atomic E-state index is 12.6. The monoisotopic (exact) mass is 394 g/mol. The summed E-state index contributed by atoms with van der Waals surface area (Å²) in [5, 5.41) is 9.11. The molecule has 3 amide bonds. The number of carbonyl (C=O) groups excluding carboxylic acids is 3. The van der Waals surface area contributed by atoms with Gasteiger partial charge in [-0.3, -0.25) is 19.4 Å². The minimum absolute atomic E-state index is 0.0111. The van der Waals surface area contributed by atoms with E-state index in [1.54, 1.807) is 35.6 Å². The lowest BCUT2D eigenvalue weighted by atomic mass is 9.97. The first-order chi connectivity index (χ1) is 14.0. The van der Waals surface area contributed by atoms with E-state index < -0.39 is 5.66 Å². The van der Waals surface area contributed by atoms with Crippen LogP contribution in [0.15, 0.2) is 42.9 Å². The van der Waals surface area contributed by atoms with Gasteiger partial charge in [0.2, 0.25) is 11.8 Å². The van der Waals surface area contributed by atoms with Crippen molar-refractivity contribution in [3.05, 3.63) is 54.0 Å². The van der Waals surface area contributed by atoms with Crippen molar-refractivity contribution in [1.29, 1.82) is 0 Å². The number of aromatic nitrogens is 2. The molecule has 9 heteroatoms. The molecule has 4 heterocycles. The normalized spacial score (nSPS) is 21.0. The van der Waals surface area contributed by atoms with E-state index in [9.17, 15) is 14.4 Å². The quantitative estimate of drug-likeness (QED) is 0.701. The molecule has 2 aliphatic rings. The van der Waals surface area contributed by atoms with E-state index in [4.69, 9.17) is 0 Å². The fourth-order valence-corrected chi connectivity index (χ4v) is 3.63. The highest BCUT2D eigenvalue weighted by Crippen LogP contribution is 2.30. The van der Waals surface area contributed by atoms with Crippen LogP contribution < -0.4 is 16.0 Å². The molecule has 0 aliphatic carbocycles. The number of hydrogen-bond acceptors (Lipinski definition) is 6. The van der Waals surface area contributed by atoms with Gasteiger partial charge in [0.05, 0.1) is 12.1 Å². The van der Waals surface area contributed by atoms with Crippen molar-refractivity contribution in [1.82, 2.24) is 25.5 Å². The number of pyridine rings is 2. The van der Waals surface area contributed by atoms with Crippen LogP contribution in [-0.4, -0.2) is 51.3 Å². The van der Waals surface area contributed by atoms with Crippen molar-refractivity contribution < 1.29 is 14.4 Å². The van der Waals surface area contributed by atoms with Crippen LogP contribution in [0.3, 0.4) is 0 Å². The maximum Gasteiger partial charge on any atom is 0.256 e. The topological polar surface area (TPSA) is 116 Å². The zero-order valence-corrected chi connectivity index (χ0v) is 15.9. The van der Waals surface area contributed by atoms with Crippen LogP contribution in [-0.2, 0) is 16.1 Å². The van der Waals surface area contributed by atoms with Gasteiger partial charge in [0.1, 0.15) is 11.5 Å². The smallest absolute Gasteiger partial charge is 0.256 e. The highest BCUT2D eigenvalue weighted by molar-refractivity contribution is 6.01. The molecular weight excluding hydrogens is 372 g/mol. The molecule has 0 bridgehead atoms. The van der Waals surface area contributed by atoms with E-state index in [1.165, 1.54) is 0 Å². The summed E-state index contributed by atoms with van der Waals surface area (Å²) in [5.74, 6) is -0.0161. The lowest BCUT2D eigenvalue weighted by molar-refractivity contribution is -0.135. The summed E-state index contributed by atoms with van der Waals surface area (Å²) in [6, 6.07) is 7.06. The molecule has 29 heavy (non-hydrogen) atoms. The fraction of sp³-hybridized carbons (Fsp3) is 0.350. The van der Waals surface area contributed by atoms with Crippen LogP contribution in [0.25, 0.3) is 0 Å². The Hall–Kier alpha value is -3.49. The molecule has 0 aromatic carbocycles. The number of nitrogens with one attached hydrogen (secondary N) is 3. The van der Waals surface area contributed by atoms with E-state index in [2.05, 4.69) is 25.9 Å². The van der Waals surface area contributed by atoms with Crippen LogP contribution in [0, 0.1) is 0 Å². The highest BCUT2D eigenvalue weighted by Gasteiger charge is 2.41. The Balaban J connectivity index is 1.38. The van der Waals surface area contributed by atoms with Gasteiger partial charge in [-0.15, -0.1) is 0 Å². The molecule has 1 atom stereocenters. The Bertz CT molecular complexity index is 935. The fourth-order valence-electron chi connectivity index (χ4n) is 3.63. The number of hydrogen-bond donors (Lipinski definition) is 3. The second-order valence-electron chi connectivity index (χ2n) is 7.26. The molecule has 0 radical (unpaired) electrons. The van der Waals surface area contributed by atoms with Crippen molar-refractivity contribution in [2.45, 2.75) is 31.5 Å². The maximum absolute atomic E-state index is 12.6. The Morgan fingerprint density at radius 3 is 2.79 bits per heavy atom. The Labute approximate surface area is 167 Å². The van der Waals surface area contributed by atoms with Crippen LogP contribution in [0.1, 0.15) is 35.2 Å². The predicted molar refractivity (Wildman–Crippen MR) is 105 cm³/mol. The molecule has 3 N–H and O–H groups in total. The summed E-state index contributed by atoms with van der Waals surface area (Å²) < 4.78 is 0. The van der Waals surface area contributed by atoms with Gasteiger partial charge in [-0.25, -0.2) is 4.98 Å². The first kappa shape index (κ1) is 18.9. The molecule has 0 saturated carbocycles. The number of anilines is 1. The van der Waals surface area contributed by atoms with E-state index >= 15 is 0 Å². The number of rotatable bonds is 4. The molecule has 150 valence electrons. The second-order valence-corrected chi connectivity index (χ2v) is 7.26. The molecule has 1 saturated heterocycles. The minimum atomic E-state index is -0.740. The first-order valence-electron chi connectivity index (χ1n) is 9.54. The zero-order chi connectivity index (χ0) is 20.3. The molecule has 1 unspecified atom stereocenters. The lowest BCUT2D eigenvalue weighted by Crippen LogP contribution is -2.58. The third-order valence-electron chi connectivity index (χ3n) is 5.26. The average molecular weight is 394 g/mol. The summed E-state index contributed by atoms with van der Waals surface area (Å²) in [6.45, 7) is 0.729. The van der Waals surface area contributed by atoms with Crippen LogP contribution in [0.2, 0.25) is 0 Å². The van der Waals surface area contributed by atoms with Gasteiger partial charge in [0, 0.05) is 44.5 Å². The number of likely N-dealkylation sites (tertiary alicyclic amines) is 1. The molecule has 1 spiro atoms. The standard InChI is InChI=1S/C20H22N6O3/c27-16(23-12-14-4-9-21-10-5-14)13-26-11-7-20(6-3-17(26)28)24-18-15(19(29)25-20)2-1-8-22-18/h1-2,4-5,8-10H,3,6-7,11-13H2,(H,22,24)(H,23,27)(H,25,29). The van der Waals surface area contributed by atoms with Crippen LogP contribution in [0.4, 0.5) is 5.82 Å². The van der Waals surface area contributed by atoms with Crippen molar-refractivity contribution in [3.63, 3.8) is 0 Å². The van der Waals surface area contributed by atoms with E-state index in [0.717, 1.165) is 5.56 Å². The SMILES string of the molecule is O=C(CN1CCC2(CCC1=O)NC(=O)c1cccnc1N2)NCc1ccncc1. The minimum Gasteiger partial charge on any atom is -0.350 e. The van der Waals surface area contributed by atoms with Crippen molar-refractivity contribution in [2.24, 2.45) is 0 Å². The molecule has 2 aromatic heterocycles. The number of fused-ring (bicyclic) bond motifs is 1. The zero-order valence-electron chi connectivity index (χ0n) is 15.9. The summed E-state index contributed by atoms with van der Waals surface area (Å²) in [7, 11) is 0. The summed E-state index contributed by atoms with van der Waals surface area (Å²) in [4.78, 5) is 47.1. The first-order valence-corrected chi connectivity index (χ1v) is 9.54. The molecule has 1 fully saturated rings. The Morgan fingerprint density at radius 1 is 1.14 bits per heavy atom.